The van der Waals surface area contributed by atoms with Crippen molar-refractivity contribution >= 4 is 21.5 Å². The van der Waals surface area contributed by atoms with Crippen LogP contribution in [0.5, 0.6) is 11.5 Å². The highest BCUT2D eigenvalue weighted by molar-refractivity contribution is 6.10. The van der Waals surface area contributed by atoms with Gasteiger partial charge in [0.1, 0.15) is 11.5 Å². The quantitative estimate of drug-likeness (QED) is 0.210. The molecule has 0 radical (unpaired) electrons. The minimum absolute atomic E-state index is 0.885. The average Bonchev–Trinajstić information content (AvgIpc) is 3.12. The van der Waals surface area contributed by atoms with Gasteiger partial charge in [-0.25, -0.2) is 4.98 Å². The molecule has 8 aromatic rings. The normalized spacial score (nSPS) is 11.7. The summed E-state index contributed by atoms with van der Waals surface area (Å²) in [5.41, 5.74) is 10.7. The molecule has 3 heteroatoms. The third-order valence-corrected chi connectivity index (χ3v) is 8.70. The number of fused-ring (bicyclic) bond motifs is 3. The molecule has 0 aliphatic carbocycles. The van der Waals surface area contributed by atoms with Gasteiger partial charge in [-0.15, -0.1) is 0 Å². The Bertz CT molecular complexity index is 2340. The molecule has 0 saturated heterocycles. The van der Waals surface area contributed by atoms with Gasteiger partial charge in [0.15, 0.2) is 0 Å². The number of hydrogen-bond acceptors (Lipinski definition) is 3. The van der Waals surface area contributed by atoms with Crippen LogP contribution in [-0.2, 0) is 0 Å². The van der Waals surface area contributed by atoms with Crippen LogP contribution in [-0.4, -0.2) is 9.97 Å². The Morgan fingerprint density at radius 1 is 0.400 bits per heavy atom. The largest absolute Gasteiger partial charge is 0.456 e. The van der Waals surface area contributed by atoms with E-state index in [2.05, 4.69) is 127 Å². The molecule has 3 nitrogen and oxygen atoms in total. The van der Waals surface area contributed by atoms with Crippen LogP contribution in [0.25, 0.3) is 77.6 Å². The van der Waals surface area contributed by atoms with Gasteiger partial charge in [-0.1, -0.05) is 109 Å². The molecule has 0 amide bonds. The Balaban J connectivity index is 1.14. The molecule has 0 saturated carbocycles. The van der Waals surface area contributed by atoms with Gasteiger partial charge in [-0.3, -0.25) is 4.98 Å². The SMILES string of the molecule is c1ccc(-c2cc(-c3ccc4cc(-c5ccc6c7c(cccc57)-c5ccccc5O6)ncc4c3)cc(-c3ccccc3)n2)cc1. The summed E-state index contributed by atoms with van der Waals surface area (Å²) in [6, 6.07) is 52.8. The molecule has 0 bridgehead atoms. The second-order valence-electron chi connectivity index (χ2n) is 11.4. The van der Waals surface area contributed by atoms with Gasteiger partial charge in [0.25, 0.3) is 0 Å². The van der Waals surface area contributed by atoms with Crippen LogP contribution in [0.1, 0.15) is 0 Å². The van der Waals surface area contributed by atoms with Crippen molar-refractivity contribution in [2.75, 3.05) is 0 Å². The van der Waals surface area contributed by atoms with Gasteiger partial charge < -0.3 is 4.74 Å². The lowest BCUT2D eigenvalue weighted by Gasteiger charge is -2.22. The first-order chi connectivity index (χ1) is 22.3. The fourth-order valence-corrected chi connectivity index (χ4v) is 6.48. The summed E-state index contributed by atoms with van der Waals surface area (Å²) in [4.78, 5) is 10.0. The van der Waals surface area contributed by atoms with Gasteiger partial charge in [0.05, 0.1) is 17.1 Å². The van der Waals surface area contributed by atoms with E-state index in [0.29, 0.717) is 0 Å². The predicted octanol–water partition coefficient (Wildman–Crippen LogP) is 11.2. The van der Waals surface area contributed by atoms with Gasteiger partial charge >= 0.3 is 0 Å². The molecular weight excluding hydrogens is 548 g/mol. The fraction of sp³-hybridized carbons (Fsp3) is 0. The zero-order valence-electron chi connectivity index (χ0n) is 24.3. The molecule has 0 N–H and O–H groups in total. The second-order valence-corrected chi connectivity index (χ2v) is 11.4. The lowest BCUT2D eigenvalue weighted by atomic mass is 9.91. The Labute approximate surface area is 261 Å². The van der Waals surface area contributed by atoms with E-state index in [1.807, 2.05) is 30.5 Å². The Hall–Kier alpha value is -6.06. The second kappa shape index (κ2) is 10.3. The number of pyridine rings is 2. The predicted molar refractivity (Wildman–Crippen MR) is 184 cm³/mol. The molecule has 210 valence electrons. The van der Waals surface area contributed by atoms with E-state index in [-0.39, 0.29) is 0 Å². The Morgan fingerprint density at radius 3 is 1.89 bits per heavy atom. The van der Waals surface area contributed by atoms with Crippen molar-refractivity contribution in [2.24, 2.45) is 0 Å². The molecule has 0 atom stereocenters. The van der Waals surface area contributed by atoms with Crippen LogP contribution < -0.4 is 4.74 Å². The molecule has 45 heavy (non-hydrogen) atoms. The summed E-state index contributed by atoms with van der Waals surface area (Å²) in [5.74, 6) is 1.78. The van der Waals surface area contributed by atoms with E-state index in [1.54, 1.807) is 0 Å². The topological polar surface area (TPSA) is 35.0 Å². The maximum Gasteiger partial charge on any atom is 0.135 e. The molecule has 9 rings (SSSR count). The summed E-state index contributed by atoms with van der Waals surface area (Å²) in [5, 5.41) is 4.51. The first-order valence-electron chi connectivity index (χ1n) is 15.1. The smallest absolute Gasteiger partial charge is 0.135 e. The van der Waals surface area contributed by atoms with E-state index in [1.165, 1.54) is 5.56 Å². The van der Waals surface area contributed by atoms with Crippen LogP contribution in [0, 0.1) is 0 Å². The van der Waals surface area contributed by atoms with Crippen LogP contribution >= 0.6 is 0 Å². The van der Waals surface area contributed by atoms with Crippen LogP contribution in [0.3, 0.4) is 0 Å². The highest BCUT2D eigenvalue weighted by Gasteiger charge is 2.21. The monoisotopic (exact) mass is 574 g/mol. The summed E-state index contributed by atoms with van der Waals surface area (Å²) < 4.78 is 6.31. The molecule has 0 fully saturated rings. The van der Waals surface area contributed by atoms with Gasteiger partial charge in [0, 0.05) is 39.2 Å². The van der Waals surface area contributed by atoms with Crippen LogP contribution in [0.2, 0.25) is 0 Å². The van der Waals surface area contributed by atoms with E-state index < -0.39 is 0 Å². The maximum atomic E-state index is 6.31. The number of hydrogen-bond donors (Lipinski definition) is 0. The van der Waals surface area contributed by atoms with Crippen molar-refractivity contribution in [2.45, 2.75) is 0 Å². The maximum absolute atomic E-state index is 6.31. The van der Waals surface area contributed by atoms with Crippen LogP contribution in [0.15, 0.2) is 158 Å². The number of aromatic nitrogens is 2. The third-order valence-electron chi connectivity index (χ3n) is 8.70. The molecule has 3 heterocycles. The Kier molecular flexibility index (Phi) is 5.82. The highest BCUT2D eigenvalue weighted by Crippen LogP contribution is 2.48. The van der Waals surface area contributed by atoms with E-state index in [0.717, 1.165) is 83.5 Å². The standard InChI is InChI=1S/C42H26N2O/c1-3-10-27(11-4-1)37-24-31(25-38(44-37)28-12-5-2-6-13-28)29-18-19-30-23-39(43-26-32(30)22-29)33-20-21-41-42-35(33)15-9-16-36(42)34-14-7-8-17-40(34)45-41/h1-26H. The molecule has 1 aliphatic heterocycles. The van der Waals surface area contributed by atoms with E-state index in [4.69, 9.17) is 14.7 Å². The van der Waals surface area contributed by atoms with Gasteiger partial charge in [-0.05, 0) is 69.9 Å². The first kappa shape index (κ1) is 25.4. The highest BCUT2D eigenvalue weighted by atomic mass is 16.5. The average molecular weight is 575 g/mol. The van der Waals surface area contributed by atoms with Crippen molar-refractivity contribution < 1.29 is 4.74 Å². The number of nitrogens with zero attached hydrogens (tertiary/aromatic N) is 2. The zero-order valence-corrected chi connectivity index (χ0v) is 24.3. The molecule has 6 aromatic carbocycles. The molecule has 2 aromatic heterocycles. The van der Waals surface area contributed by atoms with Crippen molar-refractivity contribution in [1.29, 1.82) is 0 Å². The lowest BCUT2D eigenvalue weighted by molar-refractivity contribution is 0.487. The summed E-state index contributed by atoms with van der Waals surface area (Å²) in [7, 11) is 0. The van der Waals surface area contributed by atoms with Crippen molar-refractivity contribution in [3.8, 4) is 67.5 Å². The number of benzene rings is 6. The van der Waals surface area contributed by atoms with Gasteiger partial charge in [-0.2, -0.15) is 0 Å². The molecular formula is C42H26N2O. The van der Waals surface area contributed by atoms with E-state index >= 15 is 0 Å². The molecule has 0 unspecified atom stereocenters. The zero-order chi connectivity index (χ0) is 29.7. The van der Waals surface area contributed by atoms with Crippen LogP contribution in [0.4, 0.5) is 0 Å². The summed E-state index contributed by atoms with van der Waals surface area (Å²) in [6.07, 6.45) is 1.99. The number of para-hydroxylation sites is 1. The van der Waals surface area contributed by atoms with Crippen molar-refractivity contribution in [3.05, 3.63) is 158 Å². The third kappa shape index (κ3) is 4.37. The van der Waals surface area contributed by atoms with Crippen molar-refractivity contribution in [1.82, 2.24) is 9.97 Å². The fourth-order valence-electron chi connectivity index (χ4n) is 6.48. The number of rotatable bonds is 4. The summed E-state index contributed by atoms with van der Waals surface area (Å²) in [6.45, 7) is 0. The minimum atomic E-state index is 0.885. The minimum Gasteiger partial charge on any atom is -0.456 e. The van der Waals surface area contributed by atoms with E-state index in [9.17, 15) is 0 Å². The van der Waals surface area contributed by atoms with Gasteiger partial charge in [0.2, 0.25) is 0 Å². The van der Waals surface area contributed by atoms with Crippen molar-refractivity contribution in [3.63, 3.8) is 0 Å². The molecule has 0 spiro atoms. The molecule has 1 aliphatic rings. The Morgan fingerprint density at radius 2 is 1.11 bits per heavy atom. The number of ether oxygens (including phenoxy) is 1. The lowest BCUT2D eigenvalue weighted by Crippen LogP contribution is -1.98. The first-order valence-corrected chi connectivity index (χ1v) is 15.1. The summed E-state index contributed by atoms with van der Waals surface area (Å²) >= 11 is 0.